The van der Waals surface area contributed by atoms with Gasteiger partial charge in [0.25, 0.3) is 0 Å². The lowest BCUT2D eigenvalue weighted by Crippen LogP contribution is -2.45. The van der Waals surface area contributed by atoms with E-state index in [0.717, 1.165) is 44.9 Å². The Morgan fingerprint density at radius 2 is 0.603 bits per heavy atom. The van der Waals surface area contributed by atoms with Crippen LogP contribution in [0.25, 0.3) is 0 Å². The summed E-state index contributed by atoms with van der Waals surface area (Å²) in [6, 6.07) is -0.622. The lowest BCUT2D eigenvalue weighted by molar-refractivity contribution is -0.143. The minimum Gasteiger partial charge on any atom is -0.466 e. The predicted molar refractivity (Wildman–Crippen MR) is 343 cm³/mol. The summed E-state index contributed by atoms with van der Waals surface area (Å²) in [5.74, 6) is -0.0475. The van der Waals surface area contributed by atoms with Gasteiger partial charge in [-0.25, -0.2) is 0 Å². The molecule has 0 saturated heterocycles. The number of rotatable bonds is 67. The number of hydrogen-bond acceptors (Lipinski definition) is 5. The first-order valence-electron chi connectivity index (χ1n) is 35.6. The van der Waals surface area contributed by atoms with Gasteiger partial charge < -0.3 is 20.3 Å². The van der Waals surface area contributed by atoms with Crippen molar-refractivity contribution in [2.24, 2.45) is 0 Å². The summed E-state index contributed by atoms with van der Waals surface area (Å²) in [5, 5.41) is 23.1. The summed E-state index contributed by atoms with van der Waals surface area (Å²) in [5.41, 5.74) is 0. The molecule has 6 heteroatoms. The molecule has 3 N–H and O–H groups in total. The van der Waals surface area contributed by atoms with Crippen LogP contribution in [-0.4, -0.2) is 47.4 Å². The number of allylic oxidation sites excluding steroid dienone is 3. The average molecular weight is 1100 g/mol. The number of esters is 1. The predicted octanol–water partition coefficient (Wildman–Crippen LogP) is 22.9. The van der Waals surface area contributed by atoms with Crippen LogP contribution >= 0.6 is 0 Å². The number of amides is 1. The van der Waals surface area contributed by atoms with E-state index in [-0.39, 0.29) is 18.5 Å². The monoisotopic (exact) mass is 1100 g/mol. The number of nitrogens with one attached hydrogen (secondary N) is 1. The summed E-state index contributed by atoms with van der Waals surface area (Å²) in [4.78, 5) is 24.5. The zero-order valence-corrected chi connectivity index (χ0v) is 52.9. The highest BCUT2D eigenvalue weighted by molar-refractivity contribution is 5.76. The molecule has 0 radical (unpaired) electrons. The van der Waals surface area contributed by atoms with Gasteiger partial charge in [-0.15, -0.1) is 0 Å². The SMILES string of the molecule is CCCCCC/C=C\CCCCCCCC(=O)OCCCCCCCCCCCCCCCCCCCCCCCCCCCCCCCCCCCCCC(=O)NC(CO)C(O)/C=C/CCCCCCCCCCCCC. The van der Waals surface area contributed by atoms with E-state index < -0.39 is 12.1 Å². The highest BCUT2D eigenvalue weighted by atomic mass is 16.5. The molecule has 0 spiro atoms. The first-order valence-corrected chi connectivity index (χ1v) is 35.6. The van der Waals surface area contributed by atoms with Gasteiger partial charge in [0.15, 0.2) is 0 Å². The number of carbonyl (C=O) groups excluding carboxylic acids is 2. The van der Waals surface area contributed by atoms with E-state index in [9.17, 15) is 19.8 Å². The van der Waals surface area contributed by atoms with E-state index in [4.69, 9.17) is 4.74 Å². The number of hydrogen-bond donors (Lipinski definition) is 3. The summed E-state index contributed by atoms with van der Waals surface area (Å²) < 4.78 is 5.48. The molecule has 0 aliphatic rings. The first kappa shape index (κ1) is 76.3. The maximum atomic E-state index is 12.5. The summed E-state index contributed by atoms with van der Waals surface area (Å²) in [6.07, 6.45) is 85.6. The van der Waals surface area contributed by atoms with Gasteiger partial charge in [0.05, 0.1) is 25.4 Å². The maximum Gasteiger partial charge on any atom is 0.305 e. The van der Waals surface area contributed by atoms with Crippen molar-refractivity contribution < 1.29 is 24.5 Å². The molecule has 0 aromatic rings. The molecule has 1 amide bonds. The molecule has 0 saturated carbocycles. The normalized spacial score (nSPS) is 12.6. The molecule has 0 aromatic heterocycles. The Bertz CT molecular complexity index is 1220. The van der Waals surface area contributed by atoms with Crippen LogP contribution in [0.4, 0.5) is 0 Å². The zero-order valence-electron chi connectivity index (χ0n) is 52.9. The average Bonchev–Trinajstić information content (AvgIpc) is 3.44. The molecule has 0 aromatic carbocycles. The van der Waals surface area contributed by atoms with Crippen LogP contribution in [-0.2, 0) is 14.3 Å². The minimum absolute atomic E-state index is 0.0135. The highest BCUT2D eigenvalue weighted by Gasteiger charge is 2.18. The van der Waals surface area contributed by atoms with Crippen LogP contribution in [0.2, 0.25) is 0 Å². The van der Waals surface area contributed by atoms with Crippen LogP contribution in [0.3, 0.4) is 0 Å². The van der Waals surface area contributed by atoms with E-state index in [1.54, 1.807) is 6.08 Å². The van der Waals surface area contributed by atoms with Gasteiger partial charge in [0, 0.05) is 12.8 Å². The minimum atomic E-state index is -0.839. The van der Waals surface area contributed by atoms with E-state index in [0.29, 0.717) is 19.4 Å². The van der Waals surface area contributed by atoms with E-state index in [2.05, 4.69) is 31.3 Å². The number of unbranched alkanes of at least 4 members (excludes halogenated alkanes) is 54. The van der Waals surface area contributed by atoms with Gasteiger partial charge in [0.2, 0.25) is 5.91 Å². The molecule has 0 aliphatic heterocycles. The summed E-state index contributed by atoms with van der Waals surface area (Å²) in [7, 11) is 0. The number of aliphatic hydroxyl groups is 2. The number of carbonyl (C=O) groups is 2. The van der Waals surface area contributed by atoms with Crippen LogP contribution in [0.15, 0.2) is 24.3 Å². The second-order valence-electron chi connectivity index (χ2n) is 24.6. The van der Waals surface area contributed by atoms with Crippen molar-refractivity contribution >= 4 is 11.9 Å². The van der Waals surface area contributed by atoms with Crippen LogP contribution in [0.1, 0.15) is 399 Å². The quantitative estimate of drug-likeness (QED) is 0.0320. The fourth-order valence-corrected chi connectivity index (χ4v) is 11.3. The molecule has 78 heavy (non-hydrogen) atoms. The smallest absolute Gasteiger partial charge is 0.305 e. The fraction of sp³-hybridized carbons (Fsp3) is 0.917. The van der Waals surface area contributed by atoms with Crippen LogP contribution in [0, 0.1) is 0 Å². The molecule has 0 rings (SSSR count). The van der Waals surface area contributed by atoms with Crippen molar-refractivity contribution in [1.29, 1.82) is 0 Å². The number of ether oxygens (including phenoxy) is 1. The lowest BCUT2D eigenvalue weighted by Gasteiger charge is -2.20. The Balaban J connectivity index is 3.31. The van der Waals surface area contributed by atoms with Crippen molar-refractivity contribution in [1.82, 2.24) is 5.32 Å². The fourth-order valence-electron chi connectivity index (χ4n) is 11.3. The van der Waals surface area contributed by atoms with Crippen molar-refractivity contribution in [3.63, 3.8) is 0 Å². The van der Waals surface area contributed by atoms with E-state index in [1.807, 2.05) is 6.08 Å². The largest absolute Gasteiger partial charge is 0.466 e. The Morgan fingerprint density at radius 1 is 0.346 bits per heavy atom. The second-order valence-corrected chi connectivity index (χ2v) is 24.6. The maximum absolute atomic E-state index is 12.5. The van der Waals surface area contributed by atoms with Crippen LogP contribution in [0.5, 0.6) is 0 Å². The summed E-state index contributed by atoms with van der Waals surface area (Å²) >= 11 is 0. The van der Waals surface area contributed by atoms with Crippen molar-refractivity contribution in [3.8, 4) is 0 Å². The standard InChI is InChI=1S/C72H139NO5/c1-3-5-7-9-11-13-15-40-44-48-52-56-60-64-70(75)69(68-74)73-71(76)65-61-57-53-49-45-42-38-36-34-32-30-28-26-24-22-20-18-17-19-21-23-25-27-29-31-33-35-37-39-43-47-51-55-59-63-67-78-72(77)66-62-58-54-50-46-41-16-14-12-10-8-6-4-2/h14,16,60,64,69-70,74-75H,3-13,15,17-59,61-63,65-68H2,1-2H3,(H,73,76)/b16-14-,64-60+. The number of aliphatic hydroxyl groups excluding tert-OH is 2. The molecular weight excluding hydrogens is 959 g/mol. The molecule has 2 atom stereocenters. The van der Waals surface area contributed by atoms with Gasteiger partial charge in [-0.3, -0.25) is 9.59 Å². The third-order valence-corrected chi connectivity index (χ3v) is 16.7. The molecule has 0 fully saturated rings. The lowest BCUT2D eigenvalue weighted by atomic mass is 10.0. The molecule has 2 unspecified atom stereocenters. The van der Waals surface area contributed by atoms with E-state index in [1.165, 1.54) is 327 Å². The van der Waals surface area contributed by atoms with Gasteiger partial charge in [-0.1, -0.05) is 353 Å². The van der Waals surface area contributed by atoms with Crippen molar-refractivity contribution in [2.45, 2.75) is 411 Å². The summed E-state index contributed by atoms with van der Waals surface area (Å²) in [6.45, 7) is 4.91. The molecule has 0 aliphatic carbocycles. The van der Waals surface area contributed by atoms with Crippen molar-refractivity contribution in [3.05, 3.63) is 24.3 Å². The first-order chi connectivity index (χ1) is 38.5. The Hall–Kier alpha value is -1.66. The van der Waals surface area contributed by atoms with Crippen LogP contribution < -0.4 is 5.32 Å². The molecule has 462 valence electrons. The Morgan fingerprint density at radius 3 is 0.923 bits per heavy atom. The zero-order chi connectivity index (χ0) is 56.4. The van der Waals surface area contributed by atoms with Gasteiger partial charge in [-0.05, 0) is 57.8 Å². The molecular formula is C72H139NO5. The molecule has 6 nitrogen and oxygen atoms in total. The second kappa shape index (κ2) is 67.8. The highest BCUT2D eigenvalue weighted by Crippen LogP contribution is 2.19. The molecule has 0 bridgehead atoms. The van der Waals surface area contributed by atoms with Crippen molar-refractivity contribution in [2.75, 3.05) is 13.2 Å². The Labute approximate surface area is 488 Å². The van der Waals surface area contributed by atoms with E-state index >= 15 is 0 Å². The third kappa shape index (κ3) is 63.5. The topological polar surface area (TPSA) is 95.9 Å². The van der Waals surface area contributed by atoms with Gasteiger partial charge >= 0.3 is 5.97 Å². The van der Waals surface area contributed by atoms with Gasteiger partial charge in [0.1, 0.15) is 0 Å². The molecule has 0 heterocycles. The van der Waals surface area contributed by atoms with Gasteiger partial charge in [-0.2, -0.15) is 0 Å². The third-order valence-electron chi connectivity index (χ3n) is 16.7. The Kier molecular flexibility index (Phi) is 66.4.